The molecule has 1 heterocycles. The van der Waals surface area contributed by atoms with Gasteiger partial charge in [-0.25, -0.2) is 0 Å². The van der Waals surface area contributed by atoms with Gasteiger partial charge in [-0.2, -0.15) is 5.10 Å². The molecule has 19 heavy (non-hydrogen) atoms. The van der Waals surface area contributed by atoms with Gasteiger partial charge in [-0.05, 0) is 45.6 Å². The second-order valence-electron chi connectivity index (χ2n) is 5.89. The topological polar surface area (TPSA) is 65.1 Å². The summed E-state index contributed by atoms with van der Waals surface area (Å²) in [6.45, 7) is 4.26. The molecule has 0 aliphatic heterocycles. The summed E-state index contributed by atoms with van der Waals surface area (Å²) < 4.78 is 7.65. The lowest BCUT2D eigenvalue weighted by Gasteiger charge is -2.42. The van der Waals surface area contributed by atoms with Crippen molar-refractivity contribution in [3.8, 4) is 0 Å². The van der Waals surface area contributed by atoms with Crippen LogP contribution >= 0.6 is 0 Å². The molecule has 1 unspecified atom stereocenters. The van der Waals surface area contributed by atoms with E-state index in [1.807, 2.05) is 10.9 Å². The fraction of sp³-hybridized carbons (Fsp3) is 0.786. The maximum absolute atomic E-state index is 5.69. The van der Waals surface area contributed by atoms with Crippen LogP contribution in [0.15, 0.2) is 12.3 Å². The average Bonchev–Trinajstić information content (AvgIpc) is 2.81. The van der Waals surface area contributed by atoms with Crippen LogP contribution in [0.2, 0.25) is 0 Å². The maximum atomic E-state index is 5.69. The molecule has 1 aliphatic rings. The second kappa shape index (κ2) is 6.03. The lowest BCUT2D eigenvalue weighted by atomic mass is 9.75. The van der Waals surface area contributed by atoms with Crippen molar-refractivity contribution in [3.63, 3.8) is 0 Å². The van der Waals surface area contributed by atoms with Gasteiger partial charge in [0.2, 0.25) is 0 Å². The van der Waals surface area contributed by atoms with Gasteiger partial charge in [-0.15, -0.1) is 0 Å². The number of nitrogens with two attached hydrogens (primary N) is 1. The quantitative estimate of drug-likeness (QED) is 0.583. The van der Waals surface area contributed by atoms with E-state index < -0.39 is 0 Å². The smallest absolute Gasteiger partial charge is 0.0694 e. The third-order valence-electron chi connectivity index (χ3n) is 4.20. The number of methoxy groups -OCH3 is 1. The first kappa shape index (κ1) is 14.5. The Bertz CT molecular complexity index is 392. The second-order valence-corrected chi connectivity index (χ2v) is 5.89. The van der Waals surface area contributed by atoms with Crippen molar-refractivity contribution in [2.24, 2.45) is 5.84 Å². The van der Waals surface area contributed by atoms with Crippen LogP contribution in [0, 0.1) is 0 Å². The molecule has 0 saturated heterocycles. The van der Waals surface area contributed by atoms with Crippen LogP contribution in [0.1, 0.15) is 51.3 Å². The van der Waals surface area contributed by atoms with Gasteiger partial charge in [0.1, 0.15) is 0 Å². The number of hydrogen-bond acceptors (Lipinski definition) is 4. The Morgan fingerprint density at radius 2 is 2.26 bits per heavy atom. The Morgan fingerprint density at radius 3 is 2.68 bits per heavy atom. The molecular formula is C14H26N4O. The van der Waals surface area contributed by atoms with E-state index in [0.29, 0.717) is 6.04 Å². The molecule has 1 aliphatic carbocycles. The van der Waals surface area contributed by atoms with Gasteiger partial charge < -0.3 is 4.74 Å². The summed E-state index contributed by atoms with van der Waals surface area (Å²) >= 11 is 0. The highest BCUT2D eigenvalue weighted by atomic mass is 16.5. The van der Waals surface area contributed by atoms with E-state index >= 15 is 0 Å². The number of rotatable bonds is 7. The van der Waals surface area contributed by atoms with Gasteiger partial charge in [-0.3, -0.25) is 16.0 Å². The van der Waals surface area contributed by atoms with E-state index in [9.17, 15) is 0 Å². The fourth-order valence-electron chi connectivity index (χ4n) is 2.73. The minimum absolute atomic E-state index is 0.0393. The maximum Gasteiger partial charge on any atom is 0.0694 e. The Morgan fingerprint density at radius 1 is 1.53 bits per heavy atom. The van der Waals surface area contributed by atoms with Crippen molar-refractivity contribution in [2.75, 3.05) is 7.11 Å². The molecule has 5 heteroatoms. The normalized spacial score (nSPS) is 19.4. The number of nitrogens with zero attached hydrogens (tertiary/aromatic N) is 2. The lowest BCUT2D eigenvalue weighted by molar-refractivity contribution is -0.0834. The van der Waals surface area contributed by atoms with E-state index in [1.165, 1.54) is 6.42 Å². The van der Waals surface area contributed by atoms with E-state index in [0.717, 1.165) is 31.4 Å². The molecule has 1 atom stereocenters. The van der Waals surface area contributed by atoms with E-state index in [2.05, 4.69) is 30.4 Å². The molecule has 1 aromatic heterocycles. The van der Waals surface area contributed by atoms with Gasteiger partial charge in [0.15, 0.2) is 0 Å². The van der Waals surface area contributed by atoms with Crippen molar-refractivity contribution < 1.29 is 4.74 Å². The van der Waals surface area contributed by atoms with Crippen LogP contribution < -0.4 is 11.3 Å². The highest BCUT2D eigenvalue weighted by Gasteiger charge is 2.38. The molecule has 0 radical (unpaired) electrons. The van der Waals surface area contributed by atoms with Gasteiger partial charge in [0.25, 0.3) is 0 Å². The average molecular weight is 266 g/mol. The SMILES string of the molecule is COC1(CC(Cc2ccn(C(C)C)n2)NN)CCC1. The van der Waals surface area contributed by atoms with Gasteiger partial charge in [0.05, 0.1) is 11.3 Å². The zero-order valence-corrected chi connectivity index (χ0v) is 12.2. The highest BCUT2D eigenvalue weighted by Crippen LogP contribution is 2.39. The summed E-state index contributed by atoms with van der Waals surface area (Å²) in [5.41, 5.74) is 4.04. The van der Waals surface area contributed by atoms with Crippen molar-refractivity contribution in [1.29, 1.82) is 0 Å². The van der Waals surface area contributed by atoms with E-state index in [1.54, 1.807) is 7.11 Å². The molecule has 2 rings (SSSR count). The van der Waals surface area contributed by atoms with Gasteiger partial charge in [0, 0.05) is 31.8 Å². The van der Waals surface area contributed by atoms with E-state index in [4.69, 9.17) is 10.6 Å². The van der Waals surface area contributed by atoms with Gasteiger partial charge in [-0.1, -0.05) is 0 Å². The summed E-state index contributed by atoms with van der Waals surface area (Å²) in [6, 6.07) is 2.69. The number of hydrazine groups is 1. The first-order valence-corrected chi connectivity index (χ1v) is 7.14. The number of aromatic nitrogens is 2. The van der Waals surface area contributed by atoms with Gasteiger partial charge >= 0.3 is 0 Å². The molecule has 1 saturated carbocycles. The number of nitrogens with one attached hydrogen (secondary N) is 1. The first-order chi connectivity index (χ1) is 9.08. The molecule has 5 nitrogen and oxygen atoms in total. The third kappa shape index (κ3) is 3.35. The Labute approximate surface area is 115 Å². The largest absolute Gasteiger partial charge is 0.378 e. The molecule has 0 amide bonds. The van der Waals surface area contributed by atoms with Crippen LogP contribution in [0.25, 0.3) is 0 Å². The minimum atomic E-state index is 0.0393. The number of ether oxygens (including phenoxy) is 1. The van der Waals surface area contributed by atoms with Crippen molar-refractivity contribution >= 4 is 0 Å². The van der Waals surface area contributed by atoms with Crippen molar-refractivity contribution in [2.45, 2.75) is 63.6 Å². The minimum Gasteiger partial charge on any atom is -0.378 e. The van der Waals surface area contributed by atoms with E-state index in [-0.39, 0.29) is 11.6 Å². The Balaban J connectivity index is 1.94. The summed E-state index contributed by atoms with van der Waals surface area (Å²) in [5, 5.41) is 4.58. The first-order valence-electron chi connectivity index (χ1n) is 7.14. The number of hydrogen-bond donors (Lipinski definition) is 2. The van der Waals surface area contributed by atoms with Crippen LogP contribution in [0.4, 0.5) is 0 Å². The molecule has 0 aromatic carbocycles. The molecule has 108 valence electrons. The molecule has 0 spiro atoms. The zero-order valence-electron chi connectivity index (χ0n) is 12.2. The molecular weight excluding hydrogens is 240 g/mol. The Hall–Kier alpha value is -0.910. The molecule has 3 N–H and O–H groups in total. The van der Waals surface area contributed by atoms with Crippen LogP contribution in [-0.2, 0) is 11.2 Å². The predicted octanol–water partition coefficient (Wildman–Crippen LogP) is 1.80. The Kier molecular flexibility index (Phi) is 4.60. The lowest BCUT2D eigenvalue weighted by Crippen LogP contribution is -2.48. The third-order valence-corrected chi connectivity index (χ3v) is 4.20. The molecule has 1 fully saturated rings. The summed E-state index contributed by atoms with van der Waals surface area (Å²) in [4.78, 5) is 0. The monoisotopic (exact) mass is 266 g/mol. The van der Waals surface area contributed by atoms with Crippen LogP contribution in [-0.4, -0.2) is 28.5 Å². The van der Waals surface area contributed by atoms with Crippen molar-refractivity contribution in [1.82, 2.24) is 15.2 Å². The molecule has 0 bridgehead atoms. The van der Waals surface area contributed by atoms with Crippen LogP contribution in [0.3, 0.4) is 0 Å². The fourth-order valence-corrected chi connectivity index (χ4v) is 2.73. The van der Waals surface area contributed by atoms with Crippen LogP contribution in [0.5, 0.6) is 0 Å². The summed E-state index contributed by atoms with van der Waals surface area (Å²) in [6.07, 6.45) is 7.37. The zero-order chi connectivity index (χ0) is 13.9. The summed E-state index contributed by atoms with van der Waals surface area (Å²) in [5.74, 6) is 5.69. The van der Waals surface area contributed by atoms with Crippen molar-refractivity contribution in [3.05, 3.63) is 18.0 Å². The highest BCUT2D eigenvalue weighted by molar-refractivity contribution is 5.04. The standard InChI is InChI=1S/C14H26N4O/c1-11(2)18-8-5-12(17-18)9-13(16-15)10-14(19-3)6-4-7-14/h5,8,11,13,16H,4,6-7,9-10,15H2,1-3H3. The summed E-state index contributed by atoms with van der Waals surface area (Å²) in [7, 11) is 1.81. The predicted molar refractivity (Wildman–Crippen MR) is 75.6 cm³/mol. The molecule has 1 aromatic rings.